The van der Waals surface area contributed by atoms with Crippen molar-refractivity contribution in [2.45, 2.75) is 37.4 Å². The maximum Gasteiger partial charge on any atom is 0.490 e. The number of benzene rings is 1. The number of aliphatic carboxylic acids is 1. The number of nitrogens with one attached hydrogen (secondary N) is 3. The van der Waals surface area contributed by atoms with Gasteiger partial charge in [0.2, 0.25) is 11.9 Å². The number of nitrogens with two attached hydrogens (primary N) is 2. The van der Waals surface area contributed by atoms with Gasteiger partial charge >= 0.3 is 12.1 Å². The molecule has 37 heavy (non-hydrogen) atoms. The molecule has 13 nitrogen and oxygen atoms in total. The molecule has 0 spiro atoms. The van der Waals surface area contributed by atoms with Crippen LogP contribution in [0, 0.1) is 19.3 Å². The molecule has 2 aromatic rings. The van der Waals surface area contributed by atoms with E-state index < -0.39 is 45.6 Å². The van der Waals surface area contributed by atoms with Crippen LogP contribution in [0.4, 0.5) is 18.9 Å². The molecule has 0 saturated carbocycles. The second-order valence-electron chi connectivity index (χ2n) is 7.36. The highest BCUT2D eigenvalue weighted by Crippen LogP contribution is 2.18. The number of carbonyl (C=O) groups is 2. The van der Waals surface area contributed by atoms with Crippen LogP contribution in [0.3, 0.4) is 0 Å². The van der Waals surface area contributed by atoms with Gasteiger partial charge in [0.15, 0.2) is 0 Å². The van der Waals surface area contributed by atoms with Crippen LogP contribution < -0.4 is 27.2 Å². The monoisotopic (exact) mass is 550 g/mol. The fourth-order valence-corrected chi connectivity index (χ4v) is 3.79. The van der Waals surface area contributed by atoms with Crippen molar-refractivity contribution in [1.82, 2.24) is 10.0 Å². The number of hydroxylamine groups is 1. The number of hydrogen-bond acceptors (Lipinski definition) is 7. The first-order valence-corrected chi connectivity index (χ1v) is 11.6. The lowest BCUT2D eigenvalue weighted by Crippen LogP contribution is -2.38. The van der Waals surface area contributed by atoms with Gasteiger partial charge < -0.3 is 16.6 Å². The third-order valence-corrected chi connectivity index (χ3v) is 5.84. The molecule has 1 unspecified atom stereocenters. The summed E-state index contributed by atoms with van der Waals surface area (Å²) in [4.78, 5) is 38.7. The van der Waals surface area contributed by atoms with E-state index in [4.69, 9.17) is 31.6 Å². The van der Waals surface area contributed by atoms with Crippen molar-refractivity contribution >= 4 is 33.5 Å². The van der Waals surface area contributed by atoms with Crippen LogP contribution in [0.15, 0.2) is 46.1 Å². The Morgan fingerprint density at radius 2 is 1.68 bits per heavy atom. The molecule has 204 valence electrons. The summed E-state index contributed by atoms with van der Waals surface area (Å²) >= 11 is 0. The molecule has 0 radical (unpaired) electrons. The molecule has 1 heterocycles. The number of rotatable bonds is 9. The number of carbonyl (C=O) groups excluding carboxylic acids is 1. The van der Waals surface area contributed by atoms with Crippen molar-refractivity contribution < 1.29 is 41.1 Å². The molecule has 0 bridgehead atoms. The third-order valence-electron chi connectivity index (χ3n) is 4.45. The Morgan fingerprint density at radius 1 is 1.14 bits per heavy atom. The number of amides is 1. The Balaban J connectivity index is 0.000000856. The minimum absolute atomic E-state index is 0.00483. The van der Waals surface area contributed by atoms with E-state index in [1.54, 1.807) is 19.1 Å². The highest BCUT2D eigenvalue weighted by molar-refractivity contribution is 7.92. The van der Waals surface area contributed by atoms with E-state index in [1.807, 2.05) is 6.92 Å². The van der Waals surface area contributed by atoms with E-state index in [9.17, 15) is 31.2 Å². The van der Waals surface area contributed by atoms with Crippen molar-refractivity contribution in [3.05, 3.63) is 58.0 Å². The van der Waals surface area contributed by atoms with E-state index in [0.29, 0.717) is 5.69 Å². The van der Waals surface area contributed by atoms with Gasteiger partial charge in [0.25, 0.3) is 15.6 Å². The highest BCUT2D eigenvalue weighted by Gasteiger charge is 2.38. The number of hydrogen-bond donors (Lipinski definition) is 6. The van der Waals surface area contributed by atoms with Gasteiger partial charge in [0, 0.05) is 12.1 Å². The number of nitrogens with zero attached hydrogens (tertiary/aromatic N) is 1. The Morgan fingerprint density at radius 3 is 2.14 bits per heavy atom. The number of carboxylic acid groups (broad SMARTS) is 1. The van der Waals surface area contributed by atoms with E-state index in [2.05, 4.69) is 10.2 Å². The number of primary amides is 1. The largest absolute Gasteiger partial charge is 0.490 e. The Hall–Kier alpha value is -4.12. The second kappa shape index (κ2) is 12.7. The van der Waals surface area contributed by atoms with Crippen molar-refractivity contribution in [2.24, 2.45) is 11.5 Å². The zero-order chi connectivity index (χ0) is 28.6. The summed E-state index contributed by atoms with van der Waals surface area (Å²) in [5.41, 5.74) is 13.0. The molecule has 1 amide bonds. The summed E-state index contributed by atoms with van der Waals surface area (Å²) in [6.45, 7) is 3.32. The first-order chi connectivity index (χ1) is 17.0. The number of aryl methyl sites for hydroxylation is 2. The molecule has 1 aromatic heterocycles. The van der Waals surface area contributed by atoms with E-state index in [-0.39, 0.29) is 23.6 Å². The third kappa shape index (κ3) is 9.45. The molecule has 0 saturated heterocycles. The highest BCUT2D eigenvalue weighted by atomic mass is 32.2. The number of alkyl halides is 3. The average molecular weight is 551 g/mol. The standard InChI is InChI=1S/C18H24N6O5S.C2HF3O2/c1-11-3-6-13(7-4-11)30(27,28)23-14-8-5-12(2)24(17(14)26)15(16(19)25)9-10-29-22-18(20)21;3-2(4,5)1(6)7/h3-8,15,23H,9-10H2,1-2H3,(H2,19,25)(H4,20,21,22);(H,6,7). The fourth-order valence-electron chi connectivity index (χ4n) is 2.73. The van der Waals surface area contributed by atoms with Gasteiger partial charge in [-0.1, -0.05) is 17.7 Å². The lowest BCUT2D eigenvalue weighted by Gasteiger charge is -2.20. The maximum atomic E-state index is 13.0. The normalized spacial score (nSPS) is 12.0. The smallest absolute Gasteiger partial charge is 0.475 e. The molecule has 0 aliphatic rings. The number of anilines is 1. The van der Waals surface area contributed by atoms with Gasteiger partial charge in [-0.05, 0) is 38.1 Å². The zero-order valence-electron chi connectivity index (χ0n) is 19.5. The Kier molecular flexibility index (Phi) is 10.6. The van der Waals surface area contributed by atoms with E-state index in [0.717, 1.165) is 10.1 Å². The predicted octanol–water partition coefficient (Wildman–Crippen LogP) is 0.730. The number of pyridine rings is 1. The summed E-state index contributed by atoms with van der Waals surface area (Å²) in [6, 6.07) is 7.85. The molecular weight excluding hydrogens is 525 g/mol. The van der Waals surface area contributed by atoms with Crippen LogP contribution in [0.5, 0.6) is 0 Å². The van der Waals surface area contributed by atoms with Crippen LogP contribution in [0.2, 0.25) is 0 Å². The molecule has 8 N–H and O–H groups in total. The number of aromatic nitrogens is 1. The molecule has 0 fully saturated rings. The van der Waals surface area contributed by atoms with Crippen molar-refractivity contribution in [2.75, 3.05) is 11.3 Å². The van der Waals surface area contributed by atoms with Gasteiger partial charge in [-0.15, -0.1) is 0 Å². The zero-order valence-corrected chi connectivity index (χ0v) is 20.3. The SMILES string of the molecule is Cc1ccc(S(=O)(=O)Nc2ccc(C)n(C(CCONC(=N)N)C(N)=O)c2=O)cc1.O=C(O)C(F)(F)F. The molecule has 1 atom stereocenters. The summed E-state index contributed by atoms with van der Waals surface area (Å²) in [5.74, 6) is -3.98. The lowest BCUT2D eigenvalue weighted by molar-refractivity contribution is -0.192. The summed E-state index contributed by atoms with van der Waals surface area (Å²) < 4.78 is 60.4. The fraction of sp³-hybridized carbons (Fsp3) is 0.300. The molecular formula is C20H25F3N6O7S. The first kappa shape index (κ1) is 30.9. The van der Waals surface area contributed by atoms with Crippen LogP contribution in [-0.2, 0) is 24.4 Å². The minimum atomic E-state index is -5.08. The number of sulfonamides is 1. The molecule has 0 aliphatic heterocycles. The number of carboxylic acids is 1. The lowest BCUT2D eigenvalue weighted by atomic mass is 10.1. The predicted molar refractivity (Wildman–Crippen MR) is 125 cm³/mol. The van der Waals surface area contributed by atoms with Gasteiger partial charge in [0.1, 0.15) is 11.7 Å². The van der Waals surface area contributed by atoms with Crippen LogP contribution >= 0.6 is 0 Å². The van der Waals surface area contributed by atoms with Gasteiger partial charge in [-0.25, -0.2) is 18.7 Å². The summed E-state index contributed by atoms with van der Waals surface area (Å²) in [5, 5.41) is 14.1. The minimum Gasteiger partial charge on any atom is -0.475 e. The maximum absolute atomic E-state index is 13.0. The molecule has 17 heteroatoms. The topological polar surface area (TPSA) is 220 Å². The second-order valence-corrected chi connectivity index (χ2v) is 9.04. The Labute approximate surface area is 208 Å². The van der Waals surface area contributed by atoms with Gasteiger partial charge in [-0.3, -0.25) is 29.1 Å². The van der Waals surface area contributed by atoms with Crippen molar-refractivity contribution in [3.63, 3.8) is 0 Å². The number of guanidine groups is 1. The van der Waals surface area contributed by atoms with Crippen LogP contribution in [-0.4, -0.2) is 48.7 Å². The average Bonchev–Trinajstić information content (AvgIpc) is 2.77. The van der Waals surface area contributed by atoms with Crippen molar-refractivity contribution in [3.8, 4) is 0 Å². The summed E-state index contributed by atoms with van der Waals surface area (Å²) in [6.07, 6.45) is -5.09. The van der Waals surface area contributed by atoms with E-state index >= 15 is 0 Å². The Bertz CT molecular complexity index is 1290. The summed E-state index contributed by atoms with van der Waals surface area (Å²) in [7, 11) is -4.01. The molecule has 2 rings (SSSR count). The first-order valence-electron chi connectivity index (χ1n) is 10.1. The number of halogens is 3. The van der Waals surface area contributed by atoms with Crippen LogP contribution in [0.25, 0.3) is 0 Å². The van der Waals surface area contributed by atoms with Crippen LogP contribution in [0.1, 0.15) is 23.7 Å². The molecule has 1 aromatic carbocycles. The molecule has 0 aliphatic carbocycles. The van der Waals surface area contributed by atoms with Crippen molar-refractivity contribution in [1.29, 1.82) is 5.41 Å². The van der Waals surface area contributed by atoms with Gasteiger partial charge in [-0.2, -0.15) is 13.2 Å². The quantitative estimate of drug-likeness (QED) is 0.112. The van der Waals surface area contributed by atoms with E-state index in [1.165, 1.54) is 24.3 Å². The van der Waals surface area contributed by atoms with Gasteiger partial charge in [0.05, 0.1) is 11.5 Å².